The zero-order chi connectivity index (χ0) is 32.1. The first-order valence-electron chi connectivity index (χ1n) is 16.0. The molecule has 0 spiro atoms. The van der Waals surface area contributed by atoms with Gasteiger partial charge in [0.2, 0.25) is 0 Å². The van der Waals surface area contributed by atoms with Gasteiger partial charge in [0.15, 0.2) is 5.60 Å². The van der Waals surface area contributed by atoms with Crippen LogP contribution in [0.1, 0.15) is 84.9 Å². The smallest absolute Gasteiger partial charge is 0.407 e. The average Bonchev–Trinajstić information content (AvgIpc) is 3.39. The van der Waals surface area contributed by atoms with Crippen molar-refractivity contribution in [1.29, 1.82) is 0 Å². The number of carbonyl (C=O) groups is 2. The highest BCUT2D eigenvalue weighted by atomic mass is 33.3. The molecule has 9 nitrogen and oxygen atoms in total. The Morgan fingerprint density at radius 2 is 2.09 bits per heavy atom. The molecule has 3 aromatic rings. The molecule has 2 aliphatic heterocycles. The summed E-state index contributed by atoms with van der Waals surface area (Å²) < 4.78 is 28.2. The van der Waals surface area contributed by atoms with Gasteiger partial charge in [0.25, 0.3) is 5.56 Å². The molecule has 46 heavy (non-hydrogen) atoms. The van der Waals surface area contributed by atoms with E-state index in [9.17, 15) is 19.5 Å². The van der Waals surface area contributed by atoms with Gasteiger partial charge in [0.1, 0.15) is 18.5 Å². The molecule has 242 valence electrons. The number of ether oxygens (including phenoxy) is 2. The van der Waals surface area contributed by atoms with Gasteiger partial charge in [0.05, 0.1) is 35.1 Å². The normalized spacial score (nSPS) is 28.8. The van der Waals surface area contributed by atoms with Crippen LogP contribution in [-0.2, 0) is 39.4 Å². The number of alkyl carbamates (subject to hydrolysis) is 1. The van der Waals surface area contributed by atoms with Crippen LogP contribution in [0.4, 0.5) is 9.18 Å². The Balaban J connectivity index is 1.21. The van der Waals surface area contributed by atoms with Gasteiger partial charge in [-0.15, -0.1) is 0 Å². The lowest BCUT2D eigenvalue weighted by molar-refractivity contribution is -0.172. The quantitative estimate of drug-likeness (QED) is 0.149. The molecule has 1 aromatic carbocycles. The highest BCUT2D eigenvalue weighted by Crippen LogP contribution is 2.55. The van der Waals surface area contributed by atoms with Crippen LogP contribution in [0.3, 0.4) is 0 Å². The summed E-state index contributed by atoms with van der Waals surface area (Å²) >= 11 is 0. The summed E-state index contributed by atoms with van der Waals surface area (Å²) in [6.45, 7) is 3.39. The topological polar surface area (TPSA) is 120 Å². The first-order chi connectivity index (χ1) is 22.1. The Kier molecular flexibility index (Phi) is 7.47. The van der Waals surface area contributed by atoms with Gasteiger partial charge < -0.3 is 24.5 Å². The Morgan fingerprint density at radius 3 is 2.87 bits per heavy atom. The number of benzene rings is 1. The Labute approximate surface area is 275 Å². The molecular formula is C33H35FN3O6PS2. The fraction of sp³-hybridized carbons (Fsp3) is 0.515. The predicted octanol–water partition coefficient (Wildman–Crippen LogP) is 5.97. The lowest BCUT2D eigenvalue weighted by atomic mass is 9.63. The number of aliphatic hydroxyl groups is 1. The minimum Gasteiger partial charge on any atom is -0.458 e. The molecule has 2 fully saturated rings. The predicted molar refractivity (Wildman–Crippen MR) is 178 cm³/mol. The van der Waals surface area contributed by atoms with Crippen molar-refractivity contribution in [1.82, 2.24) is 14.9 Å². The van der Waals surface area contributed by atoms with Crippen LogP contribution in [0.2, 0.25) is 0 Å². The van der Waals surface area contributed by atoms with Crippen molar-refractivity contribution in [2.24, 2.45) is 11.8 Å². The fourth-order valence-corrected chi connectivity index (χ4v) is 12.0. The first-order valence-corrected chi connectivity index (χ1v) is 19.6. The second-order valence-electron chi connectivity index (χ2n) is 13.2. The molecule has 0 radical (unpaired) electrons. The van der Waals surface area contributed by atoms with Gasteiger partial charge in [-0.3, -0.25) is 4.79 Å². The van der Waals surface area contributed by atoms with Crippen molar-refractivity contribution in [2.45, 2.75) is 94.9 Å². The SMILES string of the molecule is CC[C@@]1(O)C(=O)OCc2c1cc1n(c2=O)Cc2c-1nc1cc(F)c(C)c3c1c2[C@@H](NC(=O)O[C@@H]1CCCC2CC(SSP)[C@H]21)CC3. The van der Waals surface area contributed by atoms with E-state index in [1.165, 1.54) is 12.5 Å². The van der Waals surface area contributed by atoms with Gasteiger partial charge in [-0.05, 0) is 80.5 Å². The van der Waals surface area contributed by atoms with Gasteiger partial charge >= 0.3 is 12.1 Å². The lowest BCUT2D eigenvalue weighted by Gasteiger charge is -2.50. The highest BCUT2D eigenvalue weighted by molar-refractivity contribution is 8.94. The molecule has 13 heteroatoms. The first kappa shape index (κ1) is 30.7. The zero-order valence-corrected chi connectivity index (χ0v) is 28.3. The maximum atomic E-state index is 15.2. The molecule has 2 saturated carbocycles. The van der Waals surface area contributed by atoms with Crippen LogP contribution in [0, 0.1) is 24.6 Å². The summed E-state index contributed by atoms with van der Waals surface area (Å²) in [5.74, 6) is -0.200. The number of cyclic esters (lactones) is 1. The number of aryl methyl sites for hydroxylation is 1. The van der Waals surface area contributed by atoms with Gasteiger partial charge in [-0.25, -0.2) is 19.0 Å². The van der Waals surface area contributed by atoms with E-state index in [0.29, 0.717) is 52.4 Å². The number of carbonyl (C=O) groups excluding carboxylic acids is 2. The molecule has 4 heterocycles. The molecule has 3 aliphatic carbocycles. The third kappa shape index (κ3) is 4.42. The number of fused-ring (bicyclic) bond motifs is 6. The van der Waals surface area contributed by atoms with Crippen LogP contribution >= 0.6 is 29.6 Å². The second-order valence-corrected chi connectivity index (χ2v) is 17.1. The van der Waals surface area contributed by atoms with Crippen LogP contribution in [0.25, 0.3) is 22.3 Å². The third-order valence-electron chi connectivity index (χ3n) is 11.1. The minimum absolute atomic E-state index is 0.0329. The number of hydrogen-bond donors (Lipinski definition) is 2. The van der Waals surface area contributed by atoms with E-state index in [1.807, 2.05) is 10.8 Å². The highest BCUT2D eigenvalue weighted by Gasteiger charge is 2.50. The largest absolute Gasteiger partial charge is 0.458 e. The number of rotatable bonds is 5. The summed E-state index contributed by atoms with van der Waals surface area (Å²) in [5, 5.41) is 15.7. The summed E-state index contributed by atoms with van der Waals surface area (Å²) in [6, 6.07) is 2.63. The number of nitrogens with zero attached hydrogens (tertiary/aromatic N) is 2. The maximum Gasteiger partial charge on any atom is 0.407 e. The minimum atomic E-state index is -1.95. The number of nitrogens with one attached hydrogen (secondary N) is 1. The van der Waals surface area contributed by atoms with E-state index in [4.69, 9.17) is 14.5 Å². The number of esters is 1. The van der Waals surface area contributed by atoms with Crippen LogP contribution in [-0.4, -0.2) is 38.1 Å². The van der Waals surface area contributed by atoms with E-state index < -0.39 is 23.7 Å². The second kappa shape index (κ2) is 11.2. The summed E-state index contributed by atoms with van der Waals surface area (Å²) in [7, 11) is 6.22. The molecule has 2 aromatic heterocycles. The van der Waals surface area contributed by atoms with Gasteiger partial charge in [0, 0.05) is 33.7 Å². The Bertz CT molecular complexity index is 1900. The van der Waals surface area contributed by atoms with Crippen LogP contribution < -0.4 is 10.9 Å². The van der Waals surface area contributed by atoms with E-state index in [1.54, 1.807) is 34.9 Å². The third-order valence-corrected chi connectivity index (χ3v) is 14.0. The lowest BCUT2D eigenvalue weighted by Crippen LogP contribution is -2.51. The van der Waals surface area contributed by atoms with E-state index >= 15 is 4.39 Å². The summed E-state index contributed by atoms with van der Waals surface area (Å²) in [6.07, 6.45) is 4.78. The monoisotopic (exact) mass is 683 g/mol. The van der Waals surface area contributed by atoms with Crippen molar-refractivity contribution >= 4 is 52.6 Å². The molecule has 7 atom stereocenters. The Morgan fingerprint density at radius 1 is 1.26 bits per heavy atom. The average molecular weight is 684 g/mol. The Hall–Kier alpha value is -2.66. The van der Waals surface area contributed by atoms with Gasteiger partial charge in [-0.1, -0.05) is 36.6 Å². The van der Waals surface area contributed by atoms with Crippen molar-refractivity contribution in [2.75, 3.05) is 0 Å². The molecule has 0 saturated heterocycles. The van der Waals surface area contributed by atoms with Gasteiger partial charge in [-0.2, -0.15) is 0 Å². The molecule has 3 unspecified atom stereocenters. The maximum absolute atomic E-state index is 15.2. The number of pyridine rings is 2. The van der Waals surface area contributed by atoms with Crippen molar-refractivity contribution in [3.63, 3.8) is 0 Å². The molecular weight excluding hydrogens is 648 g/mol. The van der Waals surface area contributed by atoms with E-state index in [0.717, 1.165) is 41.3 Å². The fourth-order valence-electron chi connectivity index (χ4n) is 8.67. The van der Waals surface area contributed by atoms with E-state index in [2.05, 4.69) is 13.8 Å². The molecule has 2 N–H and O–H groups in total. The number of amides is 1. The summed E-state index contributed by atoms with van der Waals surface area (Å²) in [4.78, 5) is 45.0. The van der Waals surface area contributed by atoms with E-state index in [-0.39, 0.29) is 48.2 Å². The number of aromatic nitrogens is 2. The summed E-state index contributed by atoms with van der Waals surface area (Å²) in [5.41, 5.74) is 2.49. The zero-order valence-electron chi connectivity index (χ0n) is 25.6. The van der Waals surface area contributed by atoms with Crippen LogP contribution in [0.5, 0.6) is 0 Å². The molecule has 5 aliphatic rings. The van der Waals surface area contributed by atoms with Crippen molar-refractivity contribution in [3.05, 3.63) is 61.7 Å². The molecule has 1 amide bonds. The van der Waals surface area contributed by atoms with Crippen molar-refractivity contribution < 1.29 is 28.6 Å². The number of hydrogen-bond acceptors (Lipinski definition) is 9. The molecule has 0 bridgehead atoms. The molecule has 8 rings (SSSR count). The number of halogens is 1. The van der Waals surface area contributed by atoms with Crippen LogP contribution in [0.15, 0.2) is 16.9 Å². The standard InChI is InChI=1S/C33H35FN3O6PS2/c1-3-33(41)19-10-23-29-17(12-37(23)30(38)18(19)13-42-31(33)39)28-21(8-7-16-14(2)20(34)11-22(35-29)27(16)28)36-32(40)43-24-6-4-5-15-9-25(26(15)24)45-46-44/h10-11,15,21,24-26,41H,3-9,12-13,44H2,1-2H3,(H,36,40)/t15?,21-,24+,25?,26+,33-/m0/s1. The van der Waals surface area contributed by atoms with Crippen molar-refractivity contribution in [3.8, 4) is 11.4 Å².